The number of nitrogens with one attached hydrogen (secondary N) is 1. The number of anilines is 1. The van der Waals surface area contributed by atoms with Crippen molar-refractivity contribution >= 4 is 34.2 Å². The van der Waals surface area contributed by atoms with Crippen molar-refractivity contribution in [1.29, 1.82) is 0 Å². The number of fused-ring (bicyclic) bond motifs is 2. The SMILES string of the molecule is CC(O)C1CC1.CCCc1cc(Cl)ccc1C1COc2ccc3cc2N(C1)CC1CCC1C(OC)/C=C/CC(C)C(C)S(=O)NC3=O. The maximum atomic E-state index is 13.3. The minimum absolute atomic E-state index is 0.0370. The highest BCUT2D eigenvalue weighted by molar-refractivity contribution is 7.84. The second-order valence-corrected chi connectivity index (χ2v) is 16.0. The lowest BCUT2D eigenvalue weighted by atomic mass is 9.70. The number of halogens is 1. The number of hydrogen-bond donors (Lipinski definition) is 2. The van der Waals surface area contributed by atoms with Crippen LogP contribution < -0.4 is 14.4 Å². The van der Waals surface area contributed by atoms with Crippen LogP contribution in [0.5, 0.6) is 5.75 Å². The second kappa shape index (κ2) is 16.3. The lowest BCUT2D eigenvalue weighted by Gasteiger charge is -2.43. The maximum Gasteiger partial charge on any atom is 0.263 e. The standard InChI is InChI=1S/C33H43ClN2O4S.C5H10O/c1-5-7-23-16-27(34)12-14-28(23)26-19-36-18-25-10-13-29(25)31(39-4)9-6-8-21(2)22(3)41(38)35-33(37)24-11-15-32(40-20-26)30(36)17-24;1-4(6)5-2-3-5/h6,9,11-12,14-17,21-22,25-26,29,31H,5,7-8,10,13,18-20H2,1-4H3,(H,35,37);4-6H,2-3H2,1H3/b9-6+;. The quantitative estimate of drug-likeness (QED) is 0.318. The lowest BCUT2D eigenvalue weighted by molar-refractivity contribution is 0.0134. The van der Waals surface area contributed by atoms with Crippen molar-refractivity contribution in [3.8, 4) is 5.75 Å². The van der Waals surface area contributed by atoms with Gasteiger partial charge < -0.3 is 19.5 Å². The van der Waals surface area contributed by atoms with Crippen LogP contribution in [-0.2, 0) is 22.1 Å². The molecule has 2 saturated carbocycles. The average molecular weight is 685 g/mol. The Morgan fingerprint density at radius 2 is 1.91 bits per heavy atom. The van der Waals surface area contributed by atoms with Crippen molar-refractivity contribution in [3.63, 3.8) is 0 Å². The molecule has 0 radical (unpaired) electrons. The fourth-order valence-corrected chi connectivity index (χ4v) is 8.25. The van der Waals surface area contributed by atoms with E-state index in [4.69, 9.17) is 26.2 Å². The predicted molar refractivity (Wildman–Crippen MR) is 192 cm³/mol. The van der Waals surface area contributed by atoms with Gasteiger partial charge in [0.2, 0.25) is 0 Å². The van der Waals surface area contributed by atoms with Crippen LogP contribution in [0.1, 0.15) is 93.6 Å². The monoisotopic (exact) mass is 684 g/mol. The molecule has 1 amide bonds. The van der Waals surface area contributed by atoms with Crippen LogP contribution in [0.4, 0.5) is 5.69 Å². The van der Waals surface area contributed by atoms with Crippen molar-refractivity contribution in [2.45, 2.75) is 96.0 Å². The number of ether oxygens (including phenoxy) is 2. The fourth-order valence-electron chi connectivity index (χ4n) is 7.04. The highest BCUT2D eigenvalue weighted by Gasteiger charge is 2.39. The summed E-state index contributed by atoms with van der Waals surface area (Å²) >= 11 is 6.40. The number of carbonyl (C=O) groups is 1. The Labute approximate surface area is 289 Å². The molecule has 8 atom stereocenters. The molecule has 2 aromatic carbocycles. The molecule has 2 aromatic rings. The van der Waals surface area contributed by atoms with Crippen molar-refractivity contribution in [3.05, 3.63) is 70.3 Å². The summed E-state index contributed by atoms with van der Waals surface area (Å²) in [6, 6.07) is 11.8. The molecule has 47 heavy (non-hydrogen) atoms. The molecule has 4 aliphatic rings. The first-order valence-electron chi connectivity index (χ1n) is 17.5. The number of aryl methyl sites for hydroxylation is 1. The Kier molecular flexibility index (Phi) is 12.5. The van der Waals surface area contributed by atoms with Gasteiger partial charge in [0.25, 0.3) is 5.91 Å². The third-order valence-corrected chi connectivity index (χ3v) is 12.4. The van der Waals surface area contributed by atoms with Gasteiger partial charge in [-0.15, -0.1) is 0 Å². The van der Waals surface area contributed by atoms with E-state index >= 15 is 0 Å². The number of amides is 1. The summed E-state index contributed by atoms with van der Waals surface area (Å²) in [6.07, 6.45) is 11.9. The smallest absolute Gasteiger partial charge is 0.263 e. The molecule has 0 spiro atoms. The van der Waals surface area contributed by atoms with E-state index in [1.165, 1.54) is 24.0 Å². The highest BCUT2D eigenvalue weighted by Crippen LogP contribution is 2.43. The first kappa shape index (κ1) is 35.9. The molecule has 2 bridgehead atoms. The van der Waals surface area contributed by atoms with Gasteiger partial charge in [-0.3, -0.25) is 9.52 Å². The van der Waals surface area contributed by atoms with Gasteiger partial charge in [0.05, 0.1) is 29.8 Å². The van der Waals surface area contributed by atoms with E-state index < -0.39 is 11.0 Å². The zero-order valence-corrected chi connectivity index (χ0v) is 30.2. The molecule has 8 unspecified atom stereocenters. The van der Waals surface area contributed by atoms with E-state index in [1.807, 2.05) is 32.0 Å². The Hall–Kier alpha value is -2.39. The Morgan fingerprint density at radius 1 is 1.13 bits per heavy atom. The molecule has 2 aliphatic carbocycles. The van der Waals surface area contributed by atoms with Gasteiger partial charge in [0.15, 0.2) is 0 Å². The number of methoxy groups -OCH3 is 1. The van der Waals surface area contributed by atoms with Gasteiger partial charge >= 0.3 is 0 Å². The minimum atomic E-state index is -1.50. The van der Waals surface area contributed by atoms with Gasteiger partial charge in [-0.1, -0.05) is 50.1 Å². The van der Waals surface area contributed by atoms with Gasteiger partial charge in [-0.25, -0.2) is 4.21 Å². The largest absolute Gasteiger partial charge is 0.491 e. The summed E-state index contributed by atoms with van der Waals surface area (Å²) in [5, 5.41) is 9.26. The summed E-state index contributed by atoms with van der Waals surface area (Å²) in [5.74, 6) is 2.30. The minimum Gasteiger partial charge on any atom is -0.491 e. The van der Waals surface area contributed by atoms with Gasteiger partial charge in [0.1, 0.15) is 16.7 Å². The Bertz CT molecular complexity index is 1430. The van der Waals surface area contributed by atoms with Crippen molar-refractivity contribution in [1.82, 2.24) is 4.72 Å². The molecule has 2 aliphatic heterocycles. The zero-order chi connectivity index (χ0) is 33.7. The van der Waals surface area contributed by atoms with Crippen molar-refractivity contribution < 1.29 is 23.6 Å². The highest BCUT2D eigenvalue weighted by atomic mass is 35.5. The Balaban J connectivity index is 0.000000650. The third kappa shape index (κ3) is 9.00. The summed E-state index contributed by atoms with van der Waals surface area (Å²) in [4.78, 5) is 15.7. The van der Waals surface area contributed by atoms with Crippen LogP contribution in [0.2, 0.25) is 5.02 Å². The van der Waals surface area contributed by atoms with Gasteiger partial charge in [-0.05, 0) is 118 Å². The van der Waals surface area contributed by atoms with Crippen molar-refractivity contribution in [2.24, 2.45) is 23.7 Å². The van der Waals surface area contributed by atoms with Crippen LogP contribution in [0.15, 0.2) is 48.6 Å². The molecule has 7 nitrogen and oxygen atoms in total. The summed E-state index contributed by atoms with van der Waals surface area (Å²) in [7, 11) is 0.296. The number of aliphatic hydroxyl groups is 1. The van der Waals surface area contributed by atoms with E-state index in [2.05, 4.69) is 47.8 Å². The zero-order valence-electron chi connectivity index (χ0n) is 28.6. The van der Waals surface area contributed by atoms with Crippen LogP contribution >= 0.6 is 11.6 Å². The molecule has 6 rings (SSSR count). The molecule has 2 N–H and O–H groups in total. The van der Waals surface area contributed by atoms with E-state index in [9.17, 15) is 9.00 Å². The van der Waals surface area contributed by atoms with Crippen molar-refractivity contribution in [2.75, 3.05) is 31.7 Å². The number of hydrogen-bond acceptors (Lipinski definition) is 6. The summed E-state index contributed by atoms with van der Waals surface area (Å²) in [5.41, 5.74) is 3.95. The van der Waals surface area contributed by atoms with Crippen LogP contribution in [0.3, 0.4) is 0 Å². The van der Waals surface area contributed by atoms with E-state index in [1.54, 1.807) is 13.2 Å². The molecule has 9 heteroatoms. The van der Waals surface area contributed by atoms with E-state index in [0.29, 0.717) is 29.9 Å². The summed E-state index contributed by atoms with van der Waals surface area (Å²) in [6.45, 7) is 10.2. The van der Waals surface area contributed by atoms with Gasteiger partial charge in [0, 0.05) is 36.7 Å². The first-order chi connectivity index (χ1) is 22.6. The second-order valence-electron chi connectivity index (χ2n) is 14.0. The van der Waals surface area contributed by atoms with Crippen LogP contribution in [0.25, 0.3) is 0 Å². The number of carbonyl (C=O) groups excluding carboxylic acids is 1. The normalized spacial score (nSPS) is 30.7. The predicted octanol–water partition coefficient (Wildman–Crippen LogP) is 7.47. The average Bonchev–Trinajstić information content (AvgIpc) is 3.90. The van der Waals surface area contributed by atoms with Crippen LogP contribution in [-0.4, -0.2) is 59.5 Å². The molecular formula is C38H53ClN2O5S. The number of nitrogens with zero attached hydrogens (tertiary/aromatic N) is 1. The molecule has 0 aromatic heterocycles. The number of aliphatic hydroxyl groups excluding tert-OH is 1. The summed E-state index contributed by atoms with van der Waals surface area (Å²) < 4.78 is 28.3. The van der Waals surface area contributed by atoms with E-state index in [-0.39, 0.29) is 35.2 Å². The lowest BCUT2D eigenvalue weighted by Crippen LogP contribution is -2.44. The molecular weight excluding hydrogens is 632 g/mol. The number of benzene rings is 2. The van der Waals surface area contributed by atoms with Gasteiger partial charge in [-0.2, -0.15) is 0 Å². The van der Waals surface area contributed by atoms with Crippen LogP contribution in [0, 0.1) is 23.7 Å². The Morgan fingerprint density at radius 3 is 2.55 bits per heavy atom. The topological polar surface area (TPSA) is 88.1 Å². The third-order valence-electron chi connectivity index (χ3n) is 10.6. The number of rotatable bonds is 5. The molecule has 2 fully saturated rings. The molecule has 0 saturated heterocycles. The van der Waals surface area contributed by atoms with E-state index in [0.717, 1.165) is 61.7 Å². The fraction of sp³-hybridized carbons (Fsp3) is 0.605. The maximum absolute atomic E-state index is 13.3. The number of allylic oxidation sites excluding steroid dienone is 1. The first-order valence-corrected chi connectivity index (χ1v) is 19.1. The molecule has 258 valence electrons. The molecule has 2 heterocycles.